The summed E-state index contributed by atoms with van der Waals surface area (Å²) >= 11 is 0. The van der Waals surface area contributed by atoms with Gasteiger partial charge in [-0.15, -0.1) is 0 Å². The molecule has 2 amide bonds. The van der Waals surface area contributed by atoms with Crippen LogP contribution in [0.15, 0.2) is 0 Å². The quantitative estimate of drug-likeness (QED) is 0.659. The van der Waals surface area contributed by atoms with Crippen molar-refractivity contribution in [1.82, 2.24) is 16.0 Å². The van der Waals surface area contributed by atoms with Crippen molar-refractivity contribution in [3.05, 3.63) is 0 Å². The second-order valence-electron chi connectivity index (χ2n) is 5.57. The molecular formula is C12H23N3O2. The minimum atomic E-state index is -0.209. The molecule has 1 unspecified atom stereocenters. The highest BCUT2D eigenvalue weighted by Crippen LogP contribution is 2.05. The maximum atomic E-state index is 11.6. The fourth-order valence-electron chi connectivity index (χ4n) is 1.85. The molecule has 1 saturated heterocycles. The maximum Gasteiger partial charge on any atom is 0.234 e. The molecule has 0 aromatic carbocycles. The van der Waals surface area contributed by atoms with E-state index in [1.807, 2.05) is 20.8 Å². The Morgan fingerprint density at radius 3 is 2.82 bits per heavy atom. The van der Waals surface area contributed by atoms with Crippen LogP contribution in [0, 0.1) is 0 Å². The first-order valence-corrected chi connectivity index (χ1v) is 6.18. The zero-order chi connectivity index (χ0) is 12.9. The van der Waals surface area contributed by atoms with E-state index in [2.05, 4.69) is 16.0 Å². The Hall–Kier alpha value is -1.10. The van der Waals surface area contributed by atoms with Crippen molar-refractivity contribution in [2.75, 3.05) is 13.1 Å². The summed E-state index contributed by atoms with van der Waals surface area (Å²) in [5.74, 6) is 0.0402. The van der Waals surface area contributed by atoms with Crippen LogP contribution in [0.3, 0.4) is 0 Å². The van der Waals surface area contributed by atoms with Gasteiger partial charge in [0.2, 0.25) is 11.8 Å². The summed E-state index contributed by atoms with van der Waals surface area (Å²) in [7, 11) is 0. The van der Waals surface area contributed by atoms with Gasteiger partial charge in [0.05, 0.1) is 6.54 Å². The Kier molecular flexibility index (Phi) is 4.93. The highest BCUT2D eigenvalue weighted by atomic mass is 16.2. The van der Waals surface area contributed by atoms with Gasteiger partial charge in [-0.25, -0.2) is 0 Å². The average Bonchev–Trinajstić information content (AvgIpc) is 2.37. The minimum Gasteiger partial charge on any atom is -0.356 e. The molecule has 1 aliphatic rings. The molecule has 5 heteroatoms. The van der Waals surface area contributed by atoms with Crippen molar-refractivity contribution in [3.63, 3.8) is 0 Å². The van der Waals surface area contributed by atoms with Crippen molar-refractivity contribution >= 4 is 11.8 Å². The molecule has 1 heterocycles. The summed E-state index contributed by atoms with van der Waals surface area (Å²) in [6.45, 7) is 6.86. The van der Waals surface area contributed by atoms with E-state index in [4.69, 9.17) is 0 Å². The van der Waals surface area contributed by atoms with Gasteiger partial charge in [-0.1, -0.05) is 0 Å². The number of carbonyl (C=O) groups excluding carboxylic acids is 2. The highest BCUT2D eigenvalue weighted by molar-refractivity contribution is 5.79. The molecule has 0 bridgehead atoms. The number of carbonyl (C=O) groups is 2. The molecule has 1 rings (SSSR count). The Morgan fingerprint density at radius 1 is 1.47 bits per heavy atom. The van der Waals surface area contributed by atoms with Gasteiger partial charge in [0.15, 0.2) is 0 Å². The summed E-state index contributed by atoms with van der Waals surface area (Å²) in [6.07, 6.45) is 2.36. The number of hydrogen-bond acceptors (Lipinski definition) is 3. The Labute approximate surface area is 103 Å². The molecular weight excluding hydrogens is 218 g/mol. The fourth-order valence-corrected chi connectivity index (χ4v) is 1.85. The molecule has 17 heavy (non-hydrogen) atoms. The second-order valence-corrected chi connectivity index (χ2v) is 5.57. The van der Waals surface area contributed by atoms with Crippen LogP contribution in [-0.2, 0) is 9.59 Å². The van der Waals surface area contributed by atoms with Crippen molar-refractivity contribution in [2.24, 2.45) is 0 Å². The third-order valence-electron chi connectivity index (χ3n) is 2.55. The lowest BCUT2D eigenvalue weighted by molar-refractivity contribution is -0.123. The van der Waals surface area contributed by atoms with Crippen LogP contribution >= 0.6 is 0 Å². The Bertz CT molecular complexity index is 284. The summed E-state index contributed by atoms with van der Waals surface area (Å²) in [4.78, 5) is 22.9. The van der Waals surface area contributed by atoms with Gasteiger partial charge >= 0.3 is 0 Å². The van der Waals surface area contributed by atoms with Gasteiger partial charge in [-0.2, -0.15) is 0 Å². The minimum absolute atomic E-state index is 0.0258. The van der Waals surface area contributed by atoms with E-state index in [-0.39, 0.29) is 29.9 Å². The van der Waals surface area contributed by atoms with Crippen LogP contribution in [-0.4, -0.2) is 36.5 Å². The monoisotopic (exact) mass is 241 g/mol. The second kappa shape index (κ2) is 6.00. The molecule has 0 spiro atoms. The van der Waals surface area contributed by atoms with Gasteiger partial charge in [-0.3, -0.25) is 9.59 Å². The maximum absolute atomic E-state index is 11.6. The first-order chi connectivity index (χ1) is 7.87. The lowest BCUT2D eigenvalue weighted by Crippen LogP contribution is -2.47. The molecule has 3 N–H and O–H groups in total. The third-order valence-corrected chi connectivity index (χ3v) is 2.55. The first-order valence-electron chi connectivity index (χ1n) is 6.18. The summed E-state index contributed by atoms with van der Waals surface area (Å²) in [6, 6.07) is 0.114. The predicted molar refractivity (Wildman–Crippen MR) is 66.5 cm³/mol. The van der Waals surface area contributed by atoms with E-state index in [1.165, 1.54) is 0 Å². The average molecular weight is 241 g/mol. The molecule has 98 valence electrons. The first kappa shape index (κ1) is 14.0. The van der Waals surface area contributed by atoms with Gasteiger partial charge < -0.3 is 16.0 Å². The molecule has 0 radical (unpaired) electrons. The molecule has 5 nitrogen and oxygen atoms in total. The number of hydrogen-bond donors (Lipinski definition) is 3. The van der Waals surface area contributed by atoms with Crippen LogP contribution in [0.4, 0.5) is 0 Å². The molecule has 0 saturated carbocycles. The Balaban J connectivity index is 2.29. The topological polar surface area (TPSA) is 70.2 Å². The molecule has 1 fully saturated rings. The van der Waals surface area contributed by atoms with Gasteiger partial charge in [-0.05, 0) is 33.6 Å². The molecule has 1 atom stereocenters. The lowest BCUT2D eigenvalue weighted by atomic mass is 10.1. The van der Waals surface area contributed by atoms with Crippen molar-refractivity contribution in [1.29, 1.82) is 0 Å². The van der Waals surface area contributed by atoms with Crippen molar-refractivity contribution in [3.8, 4) is 0 Å². The van der Waals surface area contributed by atoms with Gasteiger partial charge in [0.1, 0.15) is 0 Å². The summed E-state index contributed by atoms with van der Waals surface area (Å²) < 4.78 is 0. The summed E-state index contributed by atoms with van der Waals surface area (Å²) in [5.41, 5.74) is -0.209. The SMILES string of the molecule is CC(C)(C)NC(=O)CNC1CCCNC(=O)C1. The van der Waals surface area contributed by atoms with E-state index >= 15 is 0 Å². The standard InChI is InChI=1S/C12H23N3O2/c1-12(2,3)15-11(17)8-14-9-5-4-6-13-10(16)7-9/h9,14H,4-8H2,1-3H3,(H,13,16)(H,15,17). The molecule has 1 aliphatic heterocycles. The third kappa shape index (κ3) is 6.26. The molecule has 0 aromatic heterocycles. The van der Waals surface area contributed by atoms with Gasteiger partial charge in [0.25, 0.3) is 0 Å². The normalized spacial score (nSPS) is 21.6. The highest BCUT2D eigenvalue weighted by Gasteiger charge is 2.19. The molecule has 0 aliphatic carbocycles. The van der Waals surface area contributed by atoms with Crippen molar-refractivity contribution < 1.29 is 9.59 Å². The zero-order valence-corrected chi connectivity index (χ0v) is 10.9. The predicted octanol–water partition coefficient (Wildman–Crippen LogP) is 0.159. The fraction of sp³-hybridized carbons (Fsp3) is 0.833. The van der Waals surface area contributed by atoms with E-state index in [0.29, 0.717) is 6.42 Å². The van der Waals surface area contributed by atoms with E-state index in [0.717, 1.165) is 19.4 Å². The number of rotatable bonds is 3. The largest absolute Gasteiger partial charge is 0.356 e. The van der Waals surface area contributed by atoms with Crippen LogP contribution in [0.5, 0.6) is 0 Å². The van der Waals surface area contributed by atoms with Crippen LogP contribution in [0.25, 0.3) is 0 Å². The number of nitrogens with one attached hydrogen (secondary N) is 3. The summed E-state index contributed by atoms with van der Waals surface area (Å²) in [5, 5.41) is 8.85. The van der Waals surface area contributed by atoms with Crippen LogP contribution in [0.2, 0.25) is 0 Å². The van der Waals surface area contributed by atoms with Crippen LogP contribution < -0.4 is 16.0 Å². The Morgan fingerprint density at radius 2 is 2.18 bits per heavy atom. The smallest absolute Gasteiger partial charge is 0.234 e. The van der Waals surface area contributed by atoms with Gasteiger partial charge in [0, 0.05) is 24.5 Å². The van der Waals surface area contributed by atoms with Crippen molar-refractivity contribution in [2.45, 2.75) is 51.6 Å². The zero-order valence-electron chi connectivity index (χ0n) is 10.9. The van der Waals surface area contributed by atoms with E-state index in [9.17, 15) is 9.59 Å². The lowest BCUT2D eigenvalue weighted by Gasteiger charge is -2.22. The van der Waals surface area contributed by atoms with E-state index < -0.39 is 0 Å². The van der Waals surface area contributed by atoms with E-state index in [1.54, 1.807) is 0 Å². The molecule has 0 aromatic rings. The van der Waals surface area contributed by atoms with Crippen LogP contribution in [0.1, 0.15) is 40.0 Å². The number of amides is 2.